The van der Waals surface area contributed by atoms with Crippen LogP contribution >= 0.6 is 11.6 Å². The normalized spacial score (nSPS) is 31.4. The third kappa shape index (κ3) is 2.22. The maximum Gasteiger partial charge on any atom is 0.175 e. The van der Waals surface area contributed by atoms with Gasteiger partial charge in [0.15, 0.2) is 11.7 Å². The van der Waals surface area contributed by atoms with Gasteiger partial charge in [-0.3, -0.25) is 4.90 Å². The van der Waals surface area contributed by atoms with Crippen molar-refractivity contribution >= 4 is 17.4 Å². The Kier molecular flexibility index (Phi) is 3.50. The summed E-state index contributed by atoms with van der Waals surface area (Å²) in [5.41, 5.74) is 0.100. The number of hydrogen-bond acceptors (Lipinski definition) is 3. The number of hydrogen-bond donors (Lipinski definition) is 2. The van der Waals surface area contributed by atoms with Crippen molar-refractivity contribution in [1.82, 2.24) is 10.2 Å². The van der Waals surface area contributed by atoms with Crippen molar-refractivity contribution in [3.8, 4) is 0 Å². The van der Waals surface area contributed by atoms with Gasteiger partial charge in [-0.05, 0) is 56.8 Å². The zero-order valence-electron chi connectivity index (χ0n) is 12.5. The van der Waals surface area contributed by atoms with Gasteiger partial charge in [0.2, 0.25) is 0 Å². The van der Waals surface area contributed by atoms with Crippen LogP contribution in [0.4, 0.5) is 8.78 Å². The number of nitrogens with zero attached hydrogens (tertiary/aromatic N) is 2. The maximum absolute atomic E-state index is 14.2. The molecule has 4 aliphatic rings. The Bertz CT molecular complexity index is 670. The van der Waals surface area contributed by atoms with Crippen molar-refractivity contribution in [3.63, 3.8) is 0 Å². The fourth-order valence-electron chi connectivity index (χ4n) is 4.34. The van der Waals surface area contributed by atoms with E-state index in [1.807, 2.05) is 0 Å². The van der Waals surface area contributed by atoms with Crippen LogP contribution in [0.5, 0.6) is 0 Å². The molecule has 1 saturated carbocycles. The third-order valence-electron chi connectivity index (χ3n) is 5.66. The van der Waals surface area contributed by atoms with E-state index in [9.17, 15) is 14.0 Å². The Morgan fingerprint density at radius 1 is 1.30 bits per heavy atom. The molecule has 5 rings (SSSR count). The number of nitrogens with one attached hydrogen (secondary N) is 1. The van der Waals surface area contributed by atoms with Gasteiger partial charge in [-0.1, -0.05) is 16.8 Å². The van der Waals surface area contributed by atoms with Gasteiger partial charge >= 0.3 is 0 Å². The van der Waals surface area contributed by atoms with Crippen molar-refractivity contribution < 1.29 is 14.0 Å². The number of halogens is 3. The summed E-state index contributed by atoms with van der Waals surface area (Å²) in [4.78, 5) is 2.49. The molecule has 1 aliphatic carbocycles. The highest BCUT2D eigenvalue weighted by Crippen LogP contribution is 2.53. The van der Waals surface area contributed by atoms with E-state index in [-0.39, 0.29) is 23.0 Å². The molecule has 1 atom stereocenters. The fraction of sp³-hybridized carbons (Fsp3) is 0.562. The Balaban J connectivity index is 1.64. The Labute approximate surface area is 138 Å². The maximum atomic E-state index is 14.2. The Morgan fingerprint density at radius 2 is 2.00 bits per heavy atom. The SMILES string of the molecule is O/N=C(/N[C@@H]1C2CCN(CC2)C12CC2)c1ccc(F)c(Cl)c1F. The summed E-state index contributed by atoms with van der Waals surface area (Å²) in [6, 6.07) is 2.45. The first-order chi connectivity index (χ1) is 11.1. The van der Waals surface area contributed by atoms with E-state index in [2.05, 4.69) is 15.4 Å². The summed E-state index contributed by atoms with van der Waals surface area (Å²) < 4.78 is 27.6. The van der Waals surface area contributed by atoms with Gasteiger partial charge in [0, 0.05) is 11.6 Å². The molecular formula is C16H18ClF2N3O. The highest BCUT2D eigenvalue weighted by atomic mass is 35.5. The van der Waals surface area contributed by atoms with E-state index in [1.165, 1.54) is 6.07 Å². The highest BCUT2D eigenvalue weighted by molar-refractivity contribution is 6.31. The number of piperidine rings is 3. The van der Waals surface area contributed by atoms with Crippen molar-refractivity contribution in [2.24, 2.45) is 11.1 Å². The predicted octanol–water partition coefficient (Wildman–Crippen LogP) is 2.97. The van der Waals surface area contributed by atoms with Gasteiger partial charge in [-0.15, -0.1) is 0 Å². The first-order valence-electron chi connectivity index (χ1n) is 7.94. The summed E-state index contributed by atoms with van der Waals surface area (Å²) in [6.45, 7) is 2.20. The predicted molar refractivity (Wildman–Crippen MR) is 82.9 cm³/mol. The highest BCUT2D eigenvalue weighted by Gasteiger charge is 2.60. The van der Waals surface area contributed by atoms with E-state index < -0.39 is 16.7 Å². The molecule has 4 fully saturated rings. The second-order valence-corrected chi connectivity index (χ2v) is 7.10. The average molecular weight is 342 g/mol. The van der Waals surface area contributed by atoms with Gasteiger partial charge < -0.3 is 10.5 Å². The number of fused-ring (bicyclic) bond motifs is 2. The van der Waals surface area contributed by atoms with Crippen molar-refractivity contribution in [2.75, 3.05) is 13.1 Å². The lowest BCUT2D eigenvalue weighted by Gasteiger charge is -2.52. The summed E-state index contributed by atoms with van der Waals surface area (Å²) in [5, 5.41) is 15.2. The molecule has 0 amide bonds. The molecule has 0 radical (unpaired) electrons. The molecule has 1 aromatic rings. The second-order valence-electron chi connectivity index (χ2n) is 6.72. The monoisotopic (exact) mass is 341 g/mol. The molecule has 0 unspecified atom stereocenters. The van der Waals surface area contributed by atoms with Crippen molar-refractivity contribution in [2.45, 2.75) is 37.3 Å². The van der Waals surface area contributed by atoms with Gasteiger partial charge in [-0.2, -0.15) is 0 Å². The minimum atomic E-state index is -0.905. The van der Waals surface area contributed by atoms with Gasteiger partial charge in [0.1, 0.15) is 10.8 Å². The van der Waals surface area contributed by atoms with E-state index in [0.29, 0.717) is 5.92 Å². The molecular weight excluding hydrogens is 324 g/mol. The van der Waals surface area contributed by atoms with Crippen molar-refractivity contribution in [1.29, 1.82) is 0 Å². The molecule has 23 heavy (non-hydrogen) atoms. The standard InChI is InChI=1S/C16H18ClF2N3O/c17-12-11(18)2-1-10(13(12)19)15(21-23)20-14-9-3-7-22(8-4-9)16(14)5-6-16/h1-2,9,14,23H,3-8H2,(H,20,21)/t14-/m1/s1. The van der Waals surface area contributed by atoms with Gasteiger partial charge in [0.05, 0.1) is 5.56 Å². The molecule has 1 spiro atoms. The molecule has 0 aromatic heterocycles. The lowest BCUT2D eigenvalue weighted by atomic mass is 9.76. The molecule has 7 heteroatoms. The molecule has 2 bridgehead atoms. The van der Waals surface area contributed by atoms with Crippen LogP contribution in [0.3, 0.4) is 0 Å². The molecule has 3 aliphatic heterocycles. The number of rotatable bonds is 2. The van der Waals surface area contributed by atoms with Gasteiger partial charge in [0.25, 0.3) is 0 Å². The molecule has 4 nitrogen and oxygen atoms in total. The van der Waals surface area contributed by atoms with Crippen LogP contribution in [-0.4, -0.2) is 40.6 Å². The number of oxime groups is 1. The van der Waals surface area contributed by atoms with Gasteiger partial charge in [-0.25, -0.2) is 8.78 Å². The quantitative estimate of drug-likeness (QED) is 0.286. The fourth-order valence-corrected chi connectivity index (χ4v) is 4.50. The summed E-state index contributed by atoms with van der Waals surface area (Å²) >= 11 is 5.64. The molecule has 3 saturated heterocycles. The smallest absolute Gasteiger partial charge is 0.175 e. The largest absolute Gasteiger partial charge is 0.409 e. The average Bonchev–Trinajstić information content (AvgIpc) is 3.35. The summed E-state index contributed by atoms with van der Waals surface area (Å²) in [5.74, 6) is -1.22. The molecule has 1 aromatic carbocycles. The topological polar surface area (TPSA) is 47.9 Å². The third-order valence-corrected chi connectivity index (χ3v) is 6.01. The Morgan fingerprint density at radius 3 is 2.61 bits per heavy atom. The van der Waals surface area contributed by atoms with Crippen LogP contribution in [0.1, 0.15) is 31.2 Å². The molecule has 3 heterocycles. The molecule has 2 N–H and O–H groups in total. The van der Waals surface area contributed by atoms with Crippen LogP contribution < -0.4 is 5.32 Å². The van der Waals surface area contributed by atoms with Crippen LogP contribution in [-0.2, 0) is 0 Å². The van der Waals surface area contributed by atoms with Crippen molar-refractivity contribution in [3.05, 3.63) is 34.4 Å². The Hall–Kier alpha value is -1.40. The van der Waals surface area contributed by atoms with E-state index >= 15 is 0 Å². The zero-order chi connectivity index (χ0) is 16.2. The van der Waals surface area contributed by atoms with Crippen LogP contribution in [0.15, 0.2) is 17.3 Å². The van der Waals surface area contributed by atoms with Crippen LogP contribution in [0.2, 0.25) is 5.02 Å². The minimum absolute atomic E-state index is 0.00820. The first-order valence-corrected chi connectivity index (χ1v) is 8.32. The first kappa shape index (κ1) is 15.1. The minimum Gasteiger partial charge on any atom is -0.409 e. The summed E-state index contributed by atoms with van der Waals surface area (Å²) in [6.07, 6.45) is 4.38. The van der Waals surface area contributed by atoms with Crippen LogP contribution in [0, 0.1) is 17.6 Å². The second kappa shape index (κ2) is 5.31. The zero-order valence-corrected chi connectivity index (χ0v) is 13.3. The lowest BCUT2D eigenvalue weighted by molar-refractivity contribution is 0.00443. The lowest BCUT2D eigenvalue weighted by Crippen LogP contribution is -2.65. The van der Waals surface area contributed by atoms with E-state index in [1.54, 1.807) is 0 Å². The van der Waals surface area contributed by atoms with Crippen LogP contribution in [0.25, 0.3) is 0 Å². The van der Waals surface area contributed by atoms with E-state index in [0.717, 1.165) is 44.8 Å². The van der Waals surface area contributed by atoms with E-state index in [4.69, 9.17) is 11.6 Å². The molecule has 124 valence electrons. The summed E-state index contributed by atoms with van der Waals surface area (Å²) in [7, 11) is 0. The number of amidine groups is 1. The number of benzene rings is 1.